The van der Waals surface area contributed by atoms with Crippen molar-refractivity contribution in [3.8, 4) is 5.75 Å². The molecule has 1 aromatic rings. The van der Waals surface area contributed by atoms with Crippen molar-refractivity contribution in [3.05, 3.63) is 29.8 Å². The summed E-state index contributed by atoms with van der Waals surface area (Å²) >= 11 is 6.14. The highest BCUT2D eigenvalue weighted by Gasteiger charge is 2.04. The van der Waals surface area contributed by atoms with Gasteiger partial charge in [-0.05, 0) is 36.5 Å². The van der Waals surface area contributed by atoms with Gasteiger partial charge in [0.15, 0.2) is 0 Å². The predicted molar refractivity (Wildman–Crippen MR) is 70.4 cm³/mol. The maximum absolute atomic E-state index is 6.14. The maximum atomic E-state index is 6.14. The largest absolute Gasteiger partial charge is 0.493 e. The molecule has 0 spiro atoms. The zero-order valence-electron chi connectivity index (χ0n) is 10.4. The van der Waals surface area contributed by atoms with Crippen LogP contribution in [0.15, 0.2) is 24.3 Å². The van der Waals surface area contributed by atoms with Gasteiger partial charge in [0.1, 0.15) is 5.75 Å². The first-order chi connectivity index (χ1) is 7.61. The molecule has 0 amide bonds. The minimum Gasteiger partial charge on any atom is -0.493 e. The molecule has 0 saturated carbocycles. The van der Waals surface area contributed by atoms with Crippen LogP contribution < -0.4 is 4.74 Å². The normalized spacial score (nSPS) is 12.8. The fourth-order valence-electron chi connectivity index (χ4n) is 1.43. The zero-order chi connectivity index (χ0) is 12.0. The minimum absolute atomic E-state index is 0.223. The van der Waals surface area contributed by atoms with Crippen LogP contribution in [-0.4, -0.2) is 12.0 Å². The highest BCUT2D eigenvalue weighted by Crippen LogP contribution is 2.17. The Kier molecular flexibility index (Phi) is 5.68. The first-order valence-electron chi connectivity index (χ1n) is 5.97. The molecule has 16 heavy (non-hydrogen) atoms. The molecular formula is C14H21ClO. The number of ether oxygens (including phenoxy) is 1. The van der Waals surface area contributed by atoms with Gasteiger partial charge in [-0.1, -0.05) is 32.9 Å². The molecule has 2 heteroatoms. The summed E-state index contributed by atoms with van der Waals surface area (Å²) in [7, 11) is 0. The van der Waals surface area contributed by atoms with Crippen molar-refractivity contribution < 1.29 is 4.74 Å². The lowest BCUT2D eigenvalue weighted by Crippen LogP contribution is -2.05. The first-order valence-corrected chi connectivity index (χ1v) is 6.41. The fraction of sp³-hybridized carbons (Fsp3) is 0.571. The molecule has 1 nitrogen and oxygen atoms in total. The SMILES string of the molecule is CCC(Cl)Cc1cccc(OCC(C)C)c1. The highest BCUT2D eigenvalue weighted by molar-refractivity contribution is 6.20. The Morgan fingerprint density at radius 1 is 1.31 bits per heavy atom. The number of halogens is 1. The second kappa shape index (κ2) is 6.80. The van der Waals surface area contributed by atoms with Gasteiger partial charge in [-0.25, -0.2) is 0 Å². The molecule has 90 valence electrons. The molecule has 0 heterocycles. The Hall–Kier alpha value is -0.690. The van der Waals surface area contributed by atoms with Gasteiger partial charge in [0, 0.05) is 5.38 Å². The van der Waals surface area contributed by atoms with Crippen LogP contribution in [0.4, 0.5) is 0 Å². The van der Waals surface area contributed by atoms with E-state index < -0.39 is 0 Å². The Morgan fingerprint density at radius 3 is 2.69 bits per heavy atom. The number of benzene rings is 1. The molecule has 0 saturated heterocycles. The van der Waals surface area contributed by atoms with Crippen LogP contribution in [0, 0.1) is 5.92 Å². The summed E-state index contributed by atoms with van der Waals surface area (Å²) in [6.07, 6.45) is 1.91. The van der Waals surface area contributed by atoms with Gasteiger partial charge in [-0.3, -0.25) is 0 Å². The van der Waals surface area contributed by atoms with Crippen LogP contribution in [0.3, 0.4) is 0 Å². The molecule has 1 rings (SSSR count). The molecule has 0 aliphatic rings. The first kappa shape index (κ1) is 13.4. The van der Waals surface area contributed by atoms with E-state index in [-0.39, 0.29) is 5.38 Å². The topological polar surface area (TPSA) is 9.23 Å². The van der Waals surface area contributed by atoms with E-state index in [2.05, 4.69) is 32.9 Å². The van der Waals surface area contributed by atoms with Crippen LogP contribution in [-0.2, 0) is 6.42 Å². The van der Waals surface area contributed by atoms with E-state index in [1.54, 1.807) is 0 Å². The number of hydrogen-bond donors (Lipinski definition) is 0. The third-order valence-electron chi connectivity index (χ3n) is 2.38. The molecule has 0 aliphatic heterocycles. The summed E-state index contributed by atoms with van der Waals surface area (Å²) < 4.78 is 5.68. The van der Waals surface area contributed by atoms with Crippen LogP contribution in [0.25, 0.3) is 0 Å². The molecule has 0 radical (unpaired) electrons. The third-order valence-corrected chi connectivity index (χ3v) is 2.84. The van der Waals surface area contributed by atoms with E-state index in [1.807, 2.05) is 12.1 Å². The third kappa shape index (κ3) is 4.89. The van der Waals surface area contributed by atoms with Crippen molar-refractivity contribution >= 4 is 11.6 Å². The van der Waals surface area contributed by atoms with Crippen molar-refractivity contribution in [1.29, 1.82) is 0 Å². The number of hydrogen-bond acceptors (Lipinski definition) is 1. The summed E-state index contributed by atoms with van der Waals surface area (Å²) in [6.45, 7) is 7.17. The smallest absolute Gasteiger partial charge is 0.119 e. The second-order valence-electron chi connectivity index (χ2n) is 4.56. The summed E-state index contributed by atoms with van der Waals surface area (Å²) in [6, 6.07) is 8.23. The summed E-state index contributed by atoms with van der Waals surface area (Å²) in [5.41, 5.74) is 1.25. The summed E-state index contributed by atoms with van der Waals surface area (Å²) in [4.78, 5) is 0. The van der Waals surface area contributed by atoms with E-state index in [1.165, 1.54) is 5.56 Å². The van der Waals surface area contributed by atoms with Gasteiger partial charge in [-0.2, -0.15) is 0 Å². The Balaban J connectivity index is 2.56. The summed E-state index contributed by atoms with van der Waals surface area (Å²) in [5, 5.41) is 0.223. The molecule has 0 fully saturated rings. The highest BCUT2D eigenvalue weighted by atomic mass is 35.5. The van der Waals surface area contributed by atoms with Gasteiger partial charge in [0.25, 0.3) is 0 Å². The van der Waals surface area contributed by atoms with Gasteiger partial charge < -0.3 is 4.74 Å². The van der Waals surface area contributed by atoms with E-state index in [4.69, 9.17) is 16.3 Å². The van der Waals surface area contributed by atoms with Gasteiger partial charge >= 0.3 is 0 Å². The van der Waals surface area contributed by atoms with E-state index in [9.17, 15) is 0 Å². The second-order valence-corrected chi connectivity index (χ2v) is 5.18. The Labute approximate surface area is 104 Å². The quantitative estimate of drug-likeness (QED) is 0.675. The summed E-state index contributed by atoms with van der Waals surface area (Å²) in [5.74, 6) is 1.51. The average Bonchev–Trinajstić information content (AvgIpc) is 2.26. The van der Waals surface area contributed by atoms with Crippen molar-refractivity contribution in [2.75, 3.05) is 6.61 Å². The Morgan fingerprint density at radius 2 is 2.06 bits per heavy atom. The van der Waals surface area contributed by atoms with Crippen molar-refractivity contribution in [2.24, 2.45) is 5.92 Å². The molecule has 0 aliphatic carbocycles. The van der Waals surface area contributed by atoms with E-state index in [0.29, 0.717) is 5.92 Å². The van der Waals surface area contributed by atoms with Crippen LogP contribution in [0.1, 0.15) is 32.8 Å². The van der Waals surface area contributed by atoms with E-state index in [0.717, 1.165) is 25.2 Å². The standard InChI is InChI=1S/C14H21ClO/c1-4-13(15)8-12-6-5-7-14(9-12)16-10-11(2)3/h5-7,9,11,13H,4,8,10H2,1-3H3. The molecule has 0 bridgehead atoms. The van der Waals surface area contributed by atoms with Crippen LogP contribution in [0.5, 0.6) is 5.75 Å². The molecule has 1 unspecified atom stereocenters. The number of rotatable bonds is 6. The average molecular weight is 241 g/mol. The lowest BCUT2D eigenvalue weighted by atomic mass is 10.1. The zero-order valence-corrected chi connectivity index (χ0v) is 11.1. The molecule has 1 atom stereocenters. The lowest BCUT2D eigenvalue weighted by Gasteiger charge is -2.11. The van der Waals surface area contributed by atoms with Gasteiger partial charge in [0.2, 0.25) is 0 Å². The lowest BCUT2D eigenvalue weighted by molar-refractivity contribution is 0.271. The van der Waals surface area contributed by atoms with Gasteiger partial charge in [0.05, 0.1) is 6.61 Å². The van der Waals surface area contributed by atoms with E-state index >= 15 is 0 Å². The van der Waals surface area contributed by atoms with Crippen molar-refractivity contribution in [3.63, 3.8) is 0 Å². The monoisotopic (exact) mass is 240 g/mol. The molecule has 1 aromatic carbocycles. The number of alkyl halides is 1. The van der Waals surface area contributed by atoms with Gasteiger partial charge in [-0.15, -0.1) is 11.6 Å². The van der Waals surface area contributed by atoms with Crippen LogP contribution in [0.2, 0.25) is 0 Å². The molecular weight excluding hydrogens is 220 g/mol. The van der Waals surface area contributed by atoms with Crippen LogP contribution >= 0.6 is 11.6 Å². The Bertz CT molecular complexity index is 309. The predicted octanol–water partition coefficient (Wildman–Crippen LogP) is 4.28. The van der Waals surface area contributed by atoms with Crippen molar-refractivity contribution in [2.45, 2.75) is 39.0 Å². The molecule has 0 aromatic heterocycles. The molecule has 0 N–H and O–H groups in total. The van der Waals surface area contributed by atoms with Crippen molar-refractivity contribution in [1.82, 2.24) is 0 Å². The maximum Gasteiger partial charge on any atom is 0.119 e. The minimum atomic E-state index is 0.223. The fourth-order valence-corrected chi connectivity index (χ4v) is 1.60.